The van der Waals surface area contributed by atoms with Gasteiger partial charge in [-0.05, 0) is 12.8 Å². The standard InChI is InChI=1S/C17H32N4O5S/c1-4-20(5-2)27(24,25)21-12-10-18(11-13-21)14-16(22)19-8-6-15(7-9-19)17(23)26-3/h15H,4-14H2,1-3H3. The van der Waals surface area contributed by atoms with E-state index in [1.54, 1.807) is 4.90 Å². The van der Waals surface area contributed by atoms with E-state index in [2.05, 4.69) is 0 Å². The predicted octanol–water partition coefficient (Wildman–Crippen LogP) is -0.398. The van der Waals surface area contributed by atoms with Gasteiger partial charge in [0, 0.05) is 52.4 Å². The SMILES string of the molecule is CCN(CC)S(=O)(=O)N1CCN(CC(=O)N2CCC(C(=O)OC)CC2)CC1. The van der Waals surface area contributed by atoms with E-state index in [-0.39, 0.29) is 17.8 Å². The number of carbonyl (C=O) groups is 2. The fraction of sp³-hybridized carbons (Fsp3) is 0.882. The lowest BCUT2D eigenvalue weighted by atomic mass is 9.97. The molecule has 0 N–H and O–H groups in total. The topological polar surface area (TPSA) is 90.5 Å². The zero-order valence-corrected chi connectivity index (χ0v) is 17.4. The molecule has 2 saturated heterocycles. The summed E-state index contributed by atoms with van der Waals surface area (Å²) in [5.74, 6) is -0.279. The Bertz CT molecular complexity index is 607. The van der Waals surface area contributed by atoms with Crippen molar-refractivity contribution in [1.82, 2.24) is 18.4 Å². The highest BCUT2D eigenvalue weighted by atomic mass is 32.2. The first-order valence-corrected chi connectivity index (χ1v) is 11.1. The van der Waals surface area contributed by atoms with Crippen molar-refractivity contribution in [1.29, 1.82) is 0 Å². The van der Waals surface area contributed by atoms with Crippen LogP contribution in [0.2, 0.25) is 0 Å². The van der Waals surface area contributed by atoms with Gasteiger partial charge in [-0.1, -0.05) is 13.8 Å². The molecule has 0 saturated carbocycles. The van der Waals surface area contributed by atoms with Crippen LogP contribution in [0.25, 0.3) is 0 Å². The first kappa shape index (κ1) is 22.1. The van der Waals surface area contributed by atoms with Crippen LogP contribution in [-0.4, -0.2) is 105 Å². The first-order valence-electron chi connectivity index (χ1n) is 9.66. The summed E-state index contributed by atoms with van der Waals surface area (Å²) in [6.07, 6.45) is 1.27. The van der Waals surface area contributed by atoms with E-state index in [0.29, 0.717) is 71.7 Å². The minimum Gasteiger partial charge on any atom is -0.469 e. The summed E-state index contributed by atoms with van der Waals surface area (Å²) < 4.78 is 32.8. The molecule has 156 valence electrons. The number of piperidine rings is 1. The molecule has 2 aliphatic rings. The van der Waals surface area contributed by atoms with Crippen LogP contribution < -0.4 is 0 Å². The Hall–Kier alpha value is -1.23. The number of likely N-dealkylation sites (tertiary alicyclic amines) is 1. The van der Waals surface area contributed by atoms with Gasteiger partial charge < -0.3 is 9.64 Å². The molecule has 10 heteroatoms. The summed E-state index contributed by atoms with van der Waals surface area (Å²) >= 11 is 0. The maximum Gasteiger partial charge on any atom is 0.308 e. The number of rotatable bonds is 7. The fourth-order valence-corrected chi connectivity index (χ4v) is 5.26. The lowest BCUT2D eigenvalue weighted by Gasteiger charge is -2.37. The summed E-state index contributed by atoms with van der Waals surface area (Å²) in [6, 6.07) is 0. The van der Waals surface area contributed by atoms with Crippen molar-refractivity contribution in [3.63, 3.8) is 0 Å². The van der Waals surface area contributed by atoms with E-state index >= 15 is 0 Å². The van der Waals surface area contributed by atoms with E-state index in [0.717, 1.165) is 0 Å². The molecule has 0 bridgehead atoms. The van der Waals surface area contributed by atoms with Gasteiger partial charge in [0.2, 0.25) is 5.91 Å². The largest absolute Gasteiger partial charge is 0.469 e. The third kappa shape index (κ3) is 5.40. The average Bonchev–Trinajstić information content (AvgIpc) is 2.68. The summed E-state index contributed by atoms with van der Waals surface area (Å²) in [4.78, 5) is 27.9. The second kappa shape index (κ2) is 9.81. The Labute approximate surface area is 162 Å². The molecule has 2 aliphatic heterocycles. The van der Waals surface area contributed by atoms with Gasteiger partial charge in [-0.2, -0.15) is 17.0 Å². The van der Waals surface area contributed by atoms with E-state index in [4.69, 9.17) is 4.74 Å². The van der Waals surface area contributed by atoms with Crippen LogP contribution in [-0.2, 0) is 24.5 Å². The highest BCUT2D eigenvalue weighted by molar-refractivity contribution is 7.86. The molecule has 0 aromatic carbocycles. The van der Waals surface area contributed by atoms with Crippen LogP contribution in [0.3, 0.4) is 0 Å². The summed E-state index contributed by atoms with van der Waals surface area (Å²) in [5, 5.41) is 0. The van der Waals surface area contributed by atoms with Crippen molar-refractivity contribution in [3.05, 3.63) is 0 Å². The van der Waals surface area contributed by atoms with Crippen molar-refractivity contribution in [2.75, 3.05) is 66.0 Å². The first-order chi connectivity index (χ1) is 12.8. The van der Waals surface area contributed by atoms with E-state index in [1.807, 2.05) is 18.7 Å². The molecule has 0 aromatic rings. The predicted molar refractivity (Wildman–Crippen MR) is 101 cm³/mol. The molecule has 0 radical (unpaired) electrons. The highest BCUT2D eigenvalue weighted by Crippen LogP contribution is 2.19. The van der Waals surface area contributed by atoms with E-state index in [1.165, 1.54) is 15.7 Å². The van der Waals surface area contributed by atoms with Gasteiger partial charge in [0.1, 0.15) is 0 Å². The van der Waals surface area contributed by atoms with Gasteiger partial charge in [-0.3, -0.25) is 14.5 Å². The minimum absolute atomic E-state index is 0.0402. The molecule has 0 unspecified atom stereocenters. The molecule has 1 amide bonds. The second-order valence-corrected chi connectivity index (χ2v) is 8.87. The van der Waals surface area contributed by atoms with Crippen molar-refractivity contribution in [2.45, 2.75) is 26.7 Å². The summed E-state index contributed by atoms with van der Waals surface area (Å²) in [5.41, 5.74) is 0. The zero-order valence-electron chi connectivity index (χ0n) is 16.6. The monoisotopic (exact) mass is 404 g/mol. The van der Waals surface area contributed by atoms with E-state index in [9.17, 15) is 18.0 Å². The maximum atomic E-state index is 12.6. The van der Waals surface area contributed by atoms with Crippen LogP contribution in [0, 0.1) is 5.92 Å². The Balaban J connectivity index is 1.79. The Kier molecular flexibility index (Phi) is 8.02. The zero-order chi connectivity index (χ0) is 20.0. The van der Waals surface area contributed by atoms with Crippen LogP contribution in [0.1, 0.15) is 26.7 Å². The number of ether oxygens (including phenoxy) is 1. The lowest BCUT2D eigenvalue weighted by Crippen LogP contribution is -2.55. The van der Waals surface area contributed by atoms with E-state index < -0.39 is 10.2 Å². The average molecular weight is 405 g/mol. The number of hydrogen-bond acceptors (Lipinski definition) is 6. The number of carbonyl (C=O) groups excluding carboxylic acids is 2. The summed E-state index contributed by atoms with van der Waals surface area (Å²) in [6.45, 7) is 7.89. The molecule has 0 spiro atoms. The smallest absolute Gasteiger partial charge is 0.308 e. The lowest BCUT2D eigenvalue weighted by molar-refractivity contribution is -0.149. The molecule has 27 heavy (non-hydrogen) atoms. The van der Waals surface area contributed by atoms with Gasteiger partial charge >= 0.3 is 5.97 Å². The molecule has 2 heterocycles. The fourth-order valence-electron chi connectivity index (χ4n) is 3.65. The maximum absolute atomic E-state index is 12.6. The molecule has 2 rings (SSSR count). The Morgan fingerprint density at radius 2 is 1.56 bits per heavy atom. The number of piperazine rings is 1. The van der Waals surface area contributed by atoms with Gasteiger partial charge in [-0.25, -0.2) is 0 Å². The number of nitrogens with zero attached hydrogens (tertiary/aromatic N) is 4. The van der Waals surface area contributed by atoms with Crippen LogP contribution in [0.4, 0.5) is 0 Å². The second-order valence-electron chi connectivity index (χ2n) is 6.95. The third-order valence-corrected chi connectivity index (χ3v) is 7.62. The van der Waals surface area contributed by atoms with Crippen molar-refractivity contribution >= 4 is 22.1 Å². The van der Waals surface area contributed by atoms with Gasteiger partial charge in [0.25, 0.3) is 10.2 Å². The third-order valence-electron chi connectivity index (χ3n) is 5.43. The van der Waals surface area contributed by atoms with Crippen molar-refractivity contribution in [2.24, 2.45) is 5.92 Å². The number of esters is 1. The van der Waals surface area contributed by atoms with Crippen molar-refractivity contribution in [3.8, 4) is 0 Å². The number of hydrogen-bond donors (Lipinski definition) is 0. The van der Waals surface area contributed by atoms with Crippen LogP contribution in [0.15, 0.2) is 0 Å². The van der Waals surface area contributed by atoms with Gasteiger partial charge in [0.15, 0.2) is 0 Å². The normalized spacial score (nSPS) is 20.8. The van der Waals surface area contributed by atoms with Crippen LogP contribution in [0.5, 0.6) is 0 Å². The molecule has 0 aromatic heterocycles. The molecule has 0 aliphatic carbocycles. The number of amides is 1. The van der Waals surface area contributed by atoms with Gasteiger partial charge in [0.05, 0.1) is 19.6 Å². The Morgan fingerprint density at radius 1 is 1.00 bits per heavy atom. The molecule has 2 fully saturated rings. The summed E-state index contributed by atoms with van der Waals surface area (Å²) in [7, 11) is -2.02. The quantitative estimate of drug-likeness (QED) is 0.537. The molecular weight excluding hydrogens is 372 g/mol. The molecular formula is C17H32N4O5S. The Morgan fingerprint density at radius 3 is 2.04 bits per heavy atom. The number of methoxy groups -OCH3 is 1. The van der Waals surface area contributed by atoms with Crippen LogP contribution >= 0.6 is 0 Å². The molecule has 9 nitrogen and oxygen atoms in total. The highest BCUT2D eigenvalue weighted by Gasteiger charge is 2.32. The van der Waals surface area contributed by atoms with Crippen molar-refractivity contribution < 1.29 is 22.7 Å². The molecule has 0 atom stereocenters. The minimum atomic E-state index is -3.41. The van der Waals surface area contributed by atoms with Gasteiger partial charge in [-0.15, -0.1) is 0 Å².